The summed E-state index contributed by atoms with van der Waals surface area (Å²) < 4.78 is 5.74. The highest BCUT2D eigenvalue weighted by atomic mass is 16.5. The molecule has 28 heavy (non-hydrogen) atoms. The number of hydrogen-bond donors (Lipinski definition) is 0. The Kier molecular flexibility index (Phi) is 4.09. The molecular weight excluding hydrogens is 350 g/mol. The molecule has 140 valence electrons. The Morgan fingerprint density at radius 3 is 2.68 bits per heavy atom. The first kappa shape index (κ1) is 16.9. The average Bonchev–Trinajstić information content (AvgIpc) is 3.40. The van der Waals surface area contributed by atoms with Gasteiger partial charge in [0.2, 0.25) is 11.7 Å². The zero-order valence-electron chi connectivity index (χ0n) is 15.6. The van der Waals surface area contributed by atoms with Crippen LogP contribution in [0.2, 0.25) is 0 Å². The summed E-state index contributed by atoms with van der Waals surface area (Å²) in [5, 5.41) is 13.5. The van der Waals surface area contributed by atoms with Gasteiger partial charge in [0.05, 0.1) is 17.0 Å². The van der Waals surface area contributed by atoms with Crippen LogP contribution in [0.4, 0.5) is 5.82 Å². The van der Waals surface area contributed by atoms with E-state index in [1.54, 1.807) is 0 Å². The predicted molar refractivity (Wildman–Crippen MR) is 105 cm³/mol. The molecule has 6 nitrogen and oxygen atoms in total. The number of nitrogens with zero attached hydrogens (tertiary/aromatic N) is 5. The Morgan fingerprint density at radius 1 is 1.07 bits per heavy atom. The molecule has 0 radical (unpaired) electrons. The number of benzene rings is 1. The number of anilines is 1. The van der Waals surface area contributed by atoms with Gasteiger partial charge in [0.1, 0.15) is 5.82 Å². The number of aromatic nitrogens is 3. The zero-order chi connectivity index (χ0) is 19.0. The molecule has 3 heterocycles. The molecule has 1 aromatic carbocycles. The Morgan fingerprint density at radius 2 is 1.93 bits per heavy atom. The molecule has 0 unspecified atom stereocenters. The second-order valence-electron chi connectivity index (χ2n) is 7.65. The Hall–Kier alpha value is -3.20. The fraction of sp³-hybridized carbons (Fsp3) is 0.364. The van der Waals surface area contributed by atoms with Crippen molar-refractivity contribution in [3.05, 3.63) is 59.6 Å². The lowest BCUT2D eigenvalue weighted by Gasteiger charge is -2.38. The van der Waals surface area contributed by atoms with Gasteiger partial charge in [-0.3, -0.25) is 0 Å². The van der Waals surface area contributed by atoms with E-state index in [4.69, 9.17) is 9.51 Å². The third kappa shape index (κ3) is 2.75. The Labute approximate surface area is 163 Å². The largest absolute Gasteiger partial charge is 0.357 e. The minimum Gasteiger partial charge on any atom is -0.357 e. The second kappa shape index (κ2) is 6.75. The summed E-state index contributed by atoms with van der Waals surface area (Å²) in [6.45, 7) is 2.10. The maximum absolute atomic E-state index is 9.25. The normalized spacial score (nSPS) is 17.9. The maximum atomic E-state index is 9.25. The number of nitriles is 1. The monoisotopic (exact) mass is 371 g/mol. The highest BCUT2D eigenvalue weighted by Crippen LogP contribution is 2.48. The number of hydrogen-bond acceptors (Lipinski definition) is 6. The summed E-state index contributed by atoms with van der Waals surface area (Å²) in [6.07, 6.45) is 7.26. The highest BCUT2D eigenvalue weighted by Gasteiger charge is 2.45. The van der Waals surface area contributed by atoms with E-state index in [9.17, 15) is 5.26 Å². The van der Waals surface area contributed by atoms with Crippen molar-refractivity contribution in [3.63, 3.8) is 0 Å². The van der Waals surface area contributed by atoms with Gasteiger partial charge in [-0.1, -0.05) is 23.7 Å². The van der Waals surface area contributed by atoms with Crippen LogP contribution in [0.1, 0.15) is 49.1 Å². The molecule has 5 rings (SSSR count). The first-order chi connectivity index (χ1) is 13.8. The van der Waals surface area contributed by atoms with Crippen LogP contribution < -0.4 is 4.90 Å². The van der Waals surface area contributed by atoms with Crippen molar-refractivity contribution in [2.45, 2.75) is 37.5 Å². The topological polar surface area (TPSA) is 78.8 Å². The van der Waals surface area contributed by atoms with Gasteiger partial charge in [-0.2, -0.15) is 10.2 Å². The van der Waals surface area contributed by atoms with E-state index >= 15 is 0 Å². The minimum atomic E-state index is -0.275. The molecular formula is C22H21N5O. The van der Waals surface area contributed by atoms with Gasteiger partial charge < -0.3 is 9.42 Å². The van der Waals surface area contributed by atoms with Crippen LogP contribution in [0, 0.1) is 11.3 Å². The third-order valence-corrected chi connectivity index (χ3v) is 6.02. The van der Waals surface area contributed by atoms with Crippen molar-refractivity contribution in [1.82, 2.24) is 15.1 Å². The van der Waals surface area contributed by atoms with Crippen LogP contribution in [0.5, 0.6) is 0 Å². The lowest BCUT2D eigenvalue weighted by atomic mass is 9.64. The molecule has 2 fully saturated rings. The van der Waals surface area contributed by atoms with Crippen molar-refractivity contribution in [2.75, 3.05) is 18.0 Å². The van der Waals surface area contributed by atoms with Gasteiger partial charge in [-0.15, -0.1) is 0 Å². The molecule has 0 amide bonds. The van der Waals surface area contributed by atoms with Crippen LogP contribution in [0.3, 0.4) is 0 Å². The predicted octanol–water partition coefficient (Wildman–Crippen LogP) is 4.07. The molecule has 0 bridgehead atoms. The Balaban J connectivity index is 1.49. The van der Waals surface area contributed by atoms with Crippen molar-refractivity contribution in [2.24, 2.45) is 0 Å². The molecule has 0 atom stereocenters. The van der Waals surface area contributed by atoms with Crippen molar-refractivity contribution >= 4 is 5.82 Å². The molecule has 1 aliphatic heterocycles. The van der Waals surface area contributed by atoms with Crippen LogP contribution in [0.25, 0.3) is 11.4 Å². The summed E-state index contributed by atoms with van der Waals surface area (Å²) in [5.74, 6) is 2.21. The summed E-state index contributed by atoms with van der Waals surface area (Å²) in [6, 6.07) is 14.0. The van der Waals surface area contributed by atoms with Crippen LogP contribution in [-0.2, 0) is 5.41 Å². The van der Waals surface area contributed by atoms with Gasteiger partial charge in [0, 0.05) is 24.8 Å². The molecule has 6 heteroatoms. The average molecular weight is 371 g/mol. The van der Waals surface area contributed by atoms with Crippen LogP contribution in [-0.4, -0.2) is 28.2 Å². The summed E-state index contributed by atoms with van der Waals surface area (Å²) in [4.78, 5) is 11.6. The molecule has 1 aliphatic carbocycles. The lowest BCUT2D eigenvalue weighted by molar-refractivity contribution is 0.216. The van der Waals surface area contributed by atoms with Crippen molar-refractivity contribution in [1.29, 1.82) is 5.26 Å². The first-order valence-corrected chi connectivity index (χ1v) is 9.85. The van der Waals surface area contributed by atoms with Gasteiger partial charge in [-0.25, -0.2) is 4.98 Å². The molecule has 2 aliphatic rings. The van der Waals surface area contributed by atoms with Gasteiger partial charge in [0.25, 0.3) is 0 Å². The number of rotatable bonds is 4. The quantitative estimate of drug-likeness (QED) is 0.688. The van der Waals surface area contributed by atoms with E-state index in [-0.39, 0.29) is 5.41 Å². The van der Waals surface area contributed by atoms with E-state index in [0.717, 1.165) is 49.3 Å². The standard InChI is InChI=1S/C22H21N5O/c23-15-16-5-3-6-18(13-16)22(8-4-9-22)21-25-20(26-28-21)17-7-10-24-19(14-17)27-11-1-2-12-27/h3,5-7,10,13-14H,1-2,4,8-9,11-12H2. The highest BCUT2D eigenvalue weighted by molar-refractivity contribution is 5.60. The van der Waals surface area contributed by atoms with Crippen LogP contribution in [0.15, 0.2) is 47.1 Å². The fourth-order valence-corrected chi connectivity index (χ4v) is 4.25. The van der Waals surface area contributed by atoms with E-state index in [0.29, 0.717) is 17.3 Å². The smallest absolute Gasteiger partial charge is 0.237 e. The van der Waals surface area contributed by atoms with Crippen molar-refractivity contribution in [3.8, 4) is 17.5 Å². The van der Waals surface area contributed by atoms with E-state index in [1.807, 2.05) is 36.5 Å². The second-order valence-corrected chi connectivity index (χ2v) is 7.65. The molecule has 0 N–H and O–H groups in total. The SMILES string of the molecule is N#Cc1cccc(C2(c3nc(-c4ccnc(N5CCCC5)c4)no3)CCC2)c1. The fourth-order valence-electron chi connectivity index (χ4n) is 4.25. The van der Waals surface area contributed by atoms with Gasteiger partial charge in [0.15, 0.2) is 0 Å². The molecule has 1 saturated carbocycles. The minimum absolute atomic E-state index is 0.275. The molecule has 1 saturated heterocycles. The van der Waals surface area contributed by atoms with Gasteiger partial charge in [-0.05, 0) is 55.5 Å². The third-order valence-electron chi connectivity index (χ3n) is 6.02. The molecule has 2 aromatic heterocycles. The maximum Gasteiger partial charge on any atom is 0.237 e. The van der Waals surface area contributed by atoms with Gasteiger partial charge >= 0.3 is 0 Å². The van der Waals surface area contributed by atoms with E-state index in [2.05, 4.69) is 27.2 Å². The van der Waals surface area contributed by atoms with E-state index in [1.165, 1.54) is 12.8 Å². The van der Waals surface area contributed by atoms with E-state index < -0.39 is 0 Å². The summed E-state index contributed by atoms with van der Waals surface area (Å²) >= 11 is 0. The van der Waals surface area contributed by atoms with Crippen molar-refractivity contribution < 1.29 is 4.52 Å². The zero-order valence-corrected chi connectivity index (χ0v) is 15.6. The molecule has 0 spiro atoms. The number of pyridine rings is 1. The van der Waals surface area contributed by atoms with Crippen LogP contribution >= 0.6 is 0 Å². The lowest BCUT2D eigenvalue weighted by Crippen LogP contribution is -2.35. The Bertz CT molecular complexity index is 1040. The first-order valence-electron chi connectivity index (χ1n) is 9.85. The molecule has 3 aromatic rings. The summed E-state index contributed by atoms with van der Waals surface area (Å²) in [7, 11) is 0. The summed E-state index contributed by atoms with van der Waals surface area (Å²) in [5.41, 5.74) is 2.39.